The quantitative estimate of drug-likeness (QED) is 0.240. The zero-order valence-electron chi connectivity index (χ0n) is 25.0. The van der Waals surface area contributed by atoms with Crippen molar-refractivity contribution in [1.29, 1.82) is 0 Å². The van der Waals surface area contributed by atoms with Gasteiger partial charge in [-0.25, -0.2) is 12.8 Å². The normalized spacial score (nSPS) is 16.5. The molecule has 0 spiro atoms. The first-order valence-electron chi connectivity index (χ1n) is 14.7. The Kier molecular flexibility index (Phi) is 11.6. The number of sulfonamides is 1. The molecule has 4 N–H and O–H groups in total. The number of halogens is 1. The molecule has 1 fully saturated rings. The van der Waals surface area contributed by atoms with Gasteiger partial charge >= 0.3 is 0 Å². The van der Waals surface area contributed by atoms with E-state index in [-0.39, 0.29) is 35.6 Å². The predicted octanol–water partition coefficient (Wildman–Crippen LogP) is 4.69. The SMILES string of the molecule is CCNc1cc(C(=O)NC(Cc2ccccc2)C(O)CNC(C)(C)CCCC(C)C)c(F)c(N2CCCS2(=O)=O)c1. The van der Waals surface area contributed by atoms with Crippen LogP contribution in [0.15, 0.2) is 42.5 Å². The van der Waals surface area contributed by atoms with E-state index in [1.165, 1.54) is 12.1 Å². The van der Waals surface area contributed by atoms with E-state index in [1.54, 1.807) is 0 Å². The Bertz CT molecular complexity index is 1250. The Hall–Kier alpha value is -2.69. The molecule has 2 unspecified atom stereocenters. The second kappa shape index (κ2) is 14.5. The van der Waals surface area contributed by atoms with Crippen LogP contribution in [0.4, 0.5) is 15.8 Å². The van der Waals surface area contributed by atoms with Gasteiger partial charge in [-0.3, -0.25) is 9.10 Å². The summed E-state index contributed by atoms with van der Waals surface area (Å²) in [5.41, 5.74) is 0.739. The molecule has 1 saturated heterocycles. The zero-order chi connectivity index (χ0) is 30.2. The molecule has 1 aliphatic rings. The molecule has 2 atom stereocenters. The number of amides is 1. The molecule has 2 aromatic carbocycles. The van der Waals surface area contributed by atoms with E-state index < -0.39 is 33.9 Å². The summed E-state index contributed by atoms with van der Waals surface area (Å²) in [6, 6.07) is 11.6. The molecule has 0 aliphatic carbocycles. The topological polar surface area (TPSA) is 111 Å². The largest absolute Gasteiger partial charge is 0.390 e. The monoisotopic (exact) mass is 590 g/mol. The Balaban J connectivity index is 1.85. The van der Waals surface area contributed by atoms with Crippen LogP contribution in [0.3, 0.4) is 0 Å². The highest BCUT2D eigenvalue weighted by Gasteiger charge is 2.33. The standard InChI is InChI=1S/C31H47FN4O4S/c1-6-33-24-19-25(29(32)27(20-24)36-16-11-17-41(36,39)40)30(38)35-26(18-23-13-8-7-9-14-23)28(37)21-34-31(4,5)15-10-12-22(2)3/h7-9,13-14,19-20,22,26,28,33-34,37H,6,10-12,15-18,21H2,1-5H3,(H,35,38). The van der Waals surface area contributed by atoms with Crippen molar-refractivity contribution in [3.05, 3.63) is 59.4 Å². The lowest BCUT2D eigenvalue weighted by atomic mass is 9.93. The summed E-state index contributed by atoms with van der Waals surface area (Å²) in [7, 11) is -3.66. The molecule has 1 amide bonds. The molecule has 0 aromatic heterocycles. The van der Waals surface area contributed by atoms with Crippen molar-refractivity contribution in [3.63, 3.8) is 0 Å². The van der Waals surface area contributed by atoms with Crippen LogP contribution >= 0.6 is 0 Å². The number of hydrogen-bond donors (Lipinski definition) is 4. The van der Waals surface area contributed by atoms with Crippen molar-refractivity contribution in [2.24, 2.45) is 5.92 Å². The van der Waals surface area contributed by atoms with Crippen LogP contribution in [-0.4, -0.2) is 62.5 Å². The van der Waals surface area contributed by atoms with Gasteiger partial charge in [-0.2, -0.15) is 0 Å². The first-order chi connectivity index (χ1) is 19.3. The predicted molar refractivity (Wildman–Crippen MR) is 164 cm³/mol. The van der Waals surface area contributed by atoms with Crippen LogP contribution in [0, 0.1) is 11.7 Å². The summed E-state index contributed by atoms with van der Waals surface area (Å²) in [5.74, 6) is -1.05. The number of aliphatic hydroxyl groups is 1. The van der Waals surface area contributed by atoms with Crippen LogP contribution in [-0.2, 0) is 16.4 Å². The molecule has 0 bridgehead atoms. The lowest BCUT2D eigenvalue weighted by Crippen LogP contribution is -2.52. The van der Waals surface area contributed by atoms with Crippen LogP contribution < -0.4 is 20.3 Å². The number of carbonyl (C=O) groups excluding carboxylic acids is 1. The summed E-state index contributed by atoms with van der Waals surface area (Å²) >= 11 is 0. The van der Waals surface area contributed by atoms with Gasteiger partial charge in [-0.1, -0.05) is 57.0 Å². The van der Waals surface area contributed by atoms with Crippen LogP contribution in [0.2, 0.25) is 0 Å². The molecule has 0 radical (unpaired) electrons. The van der Waals surface area contributed by atoms with Crippen LogP contribution in [0.25, 0.3) is 0 Å². The van der Waals surface area contributed by atoms with Crippen molar-refractivity contribution >= 4 is 27.3 Å². The summed E-state index contributed by atoms with van der Waals surface area (Å²) in [6.45, 7) is 11.4. The third-order valence-electron chi connectivity index (χ3n) is 7.50. The molecular formula is C31H47FN4O4S. The number of nitrogens with zero attached hydrogens (tertiary/aromatic N) is 1. The fourth-order valence-corrected chi connectivity index (χ4v) is 6.69. The van der Waals surface area contributed by atoms with Crippen molar-refractivity contribution in [2.45, 2.75) is 84.4 Å². The summed E-state index contributed by atoms with van der Waals surface area (Å²) in [4.78, 5) is 13.6. The first-order valence-corrected chi connectivity index (χ1v) is 16.3. The van der Waals surface area contributed by atoms with Gasteiger partial charge in [0.15, 0.2) is 5.82 Å². The average Bonchev–Trinajstić information content (AvgIpc) is 3.26. The number of aliphatic hydroxyl groups excluding tert-OH is 1. The molecule has 3 rings (SSSR count). The molecule has 228 valence electrons. The van der Waals surface area contributed by atoms with E-state index in [0.717, 1.165) is 29.1 Å². The summed E-state index contributed by atoms with van der Waals surface area (Å²) in [6.07, 6.45) is 2.90. The number of nitrogens with one attached hydrogen (secondary N) is 3. The minimum atomic E-state index is -3.66. The van der Waals surface area contributed by atoms with Crippen LogP contribution in [0.1, 0.15) is 76.2 Å². The number of hydrogen-bond acceptors (Lipinski definition) is 6. The molecule has 8 nitrogen and oxygen atoms in total. The fourth-order valence-electron chi connectivity index (χ4n) is 5.13. The number of rotatable bonds is 15. The minimum Gasteiger partial charge on any atom is -0.390 e. The van der Waals surface area contributed by atoms with Gasteiger partial charge < -0.3 is 21.1 Å². The van der Waals surface area contributed by atoms with Crippen molar-refractivity contribution in [3.8, 4) is 0 Å². The third-order valence-corrected chi connectivity index (χ3v) is 9.35. The lowest BCUT2D eigenvalue weighted by molar-refractivity contribution is 0.0808. The smallest absolute Gasteiger partial charge is 0.254 e. The van der Waals surface area contributed by atoms with Crippen molar-refractivity contribution in [2.75, 3.05) is 35.0 Å². The second-order valence-corrected chi connectivity index (χ2v) is 14.0. The van der Waals surface area contributed by atoms with Crippen molar-refractivity contribution < 1.29 is 22.7 Å². The molecule has 10 heteroatoms. The third kappa shape index (κ3) is 9.41. The first kappa shape index (κ1) is 32.8. The number of carbonyl (C=O) groups is 1. The molecule has 1 aliphatic heterocycles. The molecule has 41 heavy (non-hydrogen) atoms. The highest BCUT2D eigenvalue weighted by molar-refractivity contribution is 7.93. The molecular weight excluding hydrogens is 543 g/mol. The van der Waals surface area contributed by atoms with E-state index in [9.17, 15) is 18.3 Å². The van der Waals surface area contributed by atoms with Gasteiger partial charge in [-0.15, -0.1) is 0 Å². The van der Waals surface area contributed by atoms with Crippen molar-refractivity contribution in [1.82, 2.24) is 10.6 Å². The summed E-state index contributed by atoms with van der Waals surface area (Å²) in [5, 5.41) is 20.7. The maximum Gasteiger partial charge on any atom is 0.254 e. The fraction of sp³-hybridized carbons (Fsp3) is 0.581. The zero-order valence-corrected chi connectivity index (χ0v) is 25.9. The highest BCUT2D eigenvalue weighted by atomic mass is 32.2. The van der Waals surface area contributed by atoms with E-state index in [1.807, 2.05) is 37.3 Å². The molecule has 1 heterocycles. The van der Waals surface area contributed by atoms with E-state index >= 15 is 4.39 Å². The maximum absolute atomic E-state index is 15.8. The van der Waals surface area contributed by atoms with Gasteiger partial charge in [-0.05, 0) is 63.6 Å². The summed E-state index contributed by atoms with van der Waals surface area (Å²) < 4.78 is 42.0. The second-order valence-electron chi connectivity index (χ2n) is 12.0. The lowest BCUT2D eigenvalue weighted by Gasteiger charge is -2.31. The van der Waals surface area contributed by atoms with Gasteiger partial charge in [0.1, 0.15) is 0 Å². The number of anilines is 2. The average molecular weight is 591 g/mol. The highest BCUT2D eigenvalue weighted by Crippen LogP contribution is 2.32. The molecule has 2 aromatic rings. The van der Waals surface area contributed by atoms with Gasteiger partial charge in [0, 0.05) is 30.9 Å². The van der Waals surface area contributed by atoms with E-state index in [0.29, 0.717) is 31.0 Å². The Morgan fingerprint density at radius 2 is 1.88 bits per heavy atom. The van der Waals surface area contributed by atoms with E-state index in [2.05, 4.69) is 43.6 Å². The number of β-amino-alcohol motifs (C(OH)–C–C–N with tert-alkyl or cyclic N) is 1. The van der Waals surface area contributed by atoms with Gasteiger partial charge in [0.25, 0.3) is 5.91 Å². The maximum atomic E-state index is 15.8. The Morgan fingerprint density at radius 3 is 2.49 bits per heavy atom. The van der Waals surface area contributed by atoms with Crippen LogP contribution in [0.5, 0.6) is 0 Å². The minimum absolute atomic E-state index is 0.0639. The van der Waals surface area contributed by atoms with E-state index in [4.69, 9.17) is 0 Å². The van der Waals surface area contributed by atoms with Gasteiger partial charge in [0.05, 0.1) is 29.1 Å². The Labute approximate surface area is 245 Å². The molecule has 0 saturated carbocycles. The Morgan fingerprint density at radius 1 is 1.17 bits per heavy atom. The number of benzene rings is 2. The van der Waals surface area contributed by atoms with Gasteiger partial charge in [0.2, 0.25) is 10.0 Å².